The van der Waals surface area contributed by atoms with Crippen molar-refractivity contribution in [2.45, 2.75) is 376 Å². The van der Waals surface area contributed by atoms with Gasteiger partial charge in [-0.05, 0) is 194 Å². The van der Waals surface area contributed by atoms with E-state index in [1.165, 1.54) is 0 Å². The van der Waals surface area contributed by atoms with E-state index in [9.17, 15) is 29.4 Å². The van der Waals surface area contributed by atoms with Crippen molar-refractivity contribution in [2.24, 2.45) is 11.8 Å². The summed E-state index contributed by atoms with van der Waals surface area (Å²) in [6.07, 6.45) is 11.0. The quantitative estimate of drug-likeness (QED) is 0.0331. The zero-order valence-corrected chi connectivity index (χ0v) is 75.8. The molecule has 6 unspecified atom stereocenters. The Morgan fingerprint density at radius 2 is 0.532 bits per heavy atom. The van der Waals surface area contributed by atoms with Crippen molar-refractivity contribution in [2.75, 3.05) is 13.2 Å². The van der Waals surface area contributed by atoms with E-state index < -0.39 is 120 Å². The van der Waals surface area contributed by atoms with Crippen molar-refractivity contribution in [1.29, 1.82) is 0 Å². The second kappa shape index (κ2) is 68.1. The third-order valence-corrected chi connectivity index (χ3v) is 48.3. The number of carboxylic acid groups (broad SMARTS) is 2. The standard InChI is InChI=1S/C50H114O16Si10.14CH4.2W.2Y/c1-23-25-27-33-39-73(19,61-69(9,10)11)65-75(21,63-71(15,16)59-67(3,4)5)41-35-45(49(53)54)43-47(51)57-37-31-29-30-32-38-58-48(52)44-46(50(55)56)36-42-76(22,64-72(17,18)60-68(6,7)8)66-74(20,62-70(12,13)14)40-34-28-26-24-2;;;;;;;;;;;;;;;;;;/h45-46H,23-44H2,1-22H3,(H,53,54)(H,55,56);14*1H4;;;;. The number of rotatable bonds is 45. The first-order valence-corrected chi connectivity index (χ1v) is 58.1. The van der Waals surface area contributed by atoms with E-state index in [2.05, 4.69) is 106 Å². The van der Waals surface area contributed by atoms with Crippen LogP contribution in [0.3, 0.4) is 0 Å². The van der Waals surface area contributed by atoms with E-state index >= 15 is 0 Å². The summed E-state index contributed by atoms with van der Waals surface area (Å²) in [7, 11) is -25.2. The predicted octanol–water partition coefficient (Wildman–Crippen LogP) is 23.8. The molecule has 30 heteroatoms. The van der Waals surface area contributed by atoms with Crippen LogP contribution in [0.1, 0.15) is 221 Å². The molecule has 0 aliphatic rings. The molecule has 0 fully saturated rings. The van der Waals surface area contributed by atoms with Crippen LogP contribution in [0.25, 0.3) is 0 Å². The molecule has 0 bridgehead atoms. The molecule has 2 radical (unpaired) electrons. The van der Waals surface area contributed by atoms with Gasteiger partial charge in [0, 0.05) is 108 Å². The van der Waals surface area contributed by atoms with Gasteiger partial charge in [0.1, 0.15) is 0 Å². The summed E-state index contributed by atoms with van der Waals surface area (Å²) in [6, 6.07) is 2.39. The number of hydrogen-bond acceptors (Lipinski definition) is 14. The number of unbranched alkanes of at least 4 members (excludes halogenated alkanes) is 9. The third-order valence-electron chi connectivity index (χ3n) is 11.9. The predicted molar refractivity (Wildman–Crippen MR) is 426 cm³/mol. The molecule has 0 heterocycles. The van der Waals surface area contributed by atoms with Crippen LogP contribution in [0.4, 0.5) is 0 Å². The molecule has 16 nitrogen and oxygen atoms in total. The molecule has 580 valence electrons. The number of aliphatic carboxylic acids is 2. The van der Waals surface area contributed by atoms with Gasteiger partial charge in [0.05, 0.1) is 37.9 Å². The maximum Gasteiger partial charge on any atom is 0.317 e. The smallest absolute Gasteiger partial charge is 0.317 e. The molecular formula is C64H170O16Si10W2Y2. The Morgan fingerprint density at radius 3 is 0.745 bits per heavy atom. The summed E-state index contributed by atoms with van der Waals surface area (Å²) in [5, 5.41) is 20.6. The average molecular weight is 2020 g/mol. The Morgan fingerprint density at radius 1 is 0.309 bits per heavy atom. The third kappa shape index (κ3) is 77.9. The van der Waals surface area contributed by atoms with Crippen LogP contribution in [-0.2, 0) is 169 Å². The zero-order valence-electron chi connectivity index (χ0n) is 54.3. The van der Waals surface area contributed by atoms with E-state index in [4.69, 9.17) is 42.4 Å². The van der Waals surface area contributed by atoms with Crippen molar-refractivity contribution in [3.05, 3.63) is 0 Å². The van der Waals surface area contributed by atoms with E-state index in [0.717, 1.165) is 63.5 Å². The number of esters is 2. The Balaban J connectivity index is -0.000000184. The maximum atomic E-state index is 13.1. The zero-order chi connectivity index (χ0) is 59.1. The SMILES string of the molecule is C.C.C.C.C.C.C.C.C.C.C.C.C.C.CCCCCC[Si](C)(O[Si](C)(C)C)O[Si](C)(CCC(CC(=O)OCCCCCCOC(=O)CC(CC[Si](C)(O[Si](C)(C)O[Si](C)(C)C)O[Si](C)(CCCCCC)O[Si](C)(C)C)C(=O)O)C(=O)O)O[Si](C)(C)O[Si](C)(C)C.[W].[W].[Y].[Y]. The second-order valence-electron chi connectivity index (χ2n) is 26.6. The molecular weight excluding hydrogens is 1850 g/mol. The van der Waals surface area contributed by atoms with Crippen molar-refractivity contribution in [3.63, 3.8) is 0 Å². The summed E-state index contributed by atoms with van der Waals surface area (Å²) in [6.45, 7) is 46.9. The Kier molecular flexibility index (Phi) is 107. The van der Waals surface area contributed by atoms with Gasteiger partial charge in [0.25, 0.3) is 0 Å². The molecule has 0 aromatic rings. The van der Waals surface area contributed by atoms with Gasteiger partial charge in [-0.25, -0.2) is 0 Å². The molecule has 0 amide bonds. The molecule has 0 aliphatic heterocycles. The first kappa shape index (κ1) is 147. The molecule has 0 saturated heterocycles. The Bertz CT molecular complexity index is 1640. The number of carboxylic acids is 2. The molecule has 0 aromatic heterocycles. The minimum absolute atomic E-state index is 0. The van der Waals surface area contributed by atoms with Crippen molar-refractivity contribution in [3.8, 4) is 0 Å². The summed E-state index contributed by atoms with van der Waals surface area (Å²) >= 11 is 0. The van der Waals surface area contributed by atoms with Gasteiger partial charge in [0.15, 0.2) is 33.3 Å². The molecule has 0 saturated carbocycles. The van der Waals surface area contributed by atoms with Crippen LogP contribution in [0.5, 0.6) is 0 Å². The van der Waals surface area contributed by atoms with E-state index in [0.29, 0.717) is 37.8 Å². The van der Waals surface area contributed by atoms with Gasteiger partial charge in [-0.1, -0.05) is 169 Å². The van der Waals surface area contributed by atoms with Crippen molar-refractivity contribution >= 4 is 109 Å². The van der Waals surface area contributed by atoms with Crippen LogP contribution in [0, 0.1) is 11.8 Å². The van der Waals surface area contributed by atoms with Gasteiger partial charge in [-0.3, -0.25) is 19.2 Å². The summed E-state index contributed by atoms with van der Waals surface area (Å²) in [5.41, 5.74) is 0. The molecule has 2 N–H and O–H groups in total. The Labute approximate surface area is 681 Å². The topological polar surface area (TPSA) is 201 Å². The second-order valence-corrected chi connectivity index (χ2v) is 66.7. The van der Waals surface area contributed by atoms with E-state index in [-0.39, 0.29) is 250 Å². The molecule has 0 spiro atoms. The van der Waals surface area contributed by atoms with Crippen LogP contribution in [0.15, 0.2) is 0 Å². The van der Waals surface area contributed by atoms with Gasteiger partial charge < -0.3 is 52.6 Å². The molecule has 94 heavy (non-hydrogen) atoms. The summed E-state index contributed by atoms with van der Waals surface area (Å²) in [5.74, 6) is -5.23. The molecule has 6 atom stereocenters. The van der Waals surface area contributed by atoms with Crippen molar-refractivity contribution < 1.29 is 179 Å². The van der Waals surface area contributed by atoms with Gasteiger partial charge >= 0.3 is 75.2 Å². The fourth-order valence-corrected chi connectivity index (χ4v) is 57.8. The first-order valence-electron chi connectivity index (χ1n) is 28.8. The van der Waals surface area contributed by atoms with Crippen LogP contribution in [-0.4, -0.2) is 132 Å². The minimum Gasteiger partial charge on any atom is -0.481 e. The summed E-state index contributed by atoms with van der Waals surface area (Å²) < 4.78 is 66.4. The molecule has 0 aliphatic carbocycles. The number of ether oxygens (including phenoxy) is 2. The van der Waals surface area contributed by atoms with E-state index in [1.54, 1.807) is 0 Å². The number of carbonyl (C=O) groups is 4. The Hall–Kier alpha value is 3.31. The van der Waals surface area contributed by atoms with Gasteiger partial charge in [0.2, 0.25) is 0 Å². The van der Waals surface area contributed by atoms with Crippen LogP contribution in [0.2, 0.25) is 155 Å². The minimum atomic E-state index is -3.13. The van der Waals surface area contributed by atoms with Gasteiger partial charge in [-0.2, -0.15) is 0 Å². The van der Waals surface area contributed by atoms with Crippen molar-refractivity contribution in [1.82, 2.24) is 0 Å². The van der Waals surface area contributed by atoms with Crippen LogP contribution < -0.4 is 0 Å². The average Bonchev–Trinajstić information content (AvgIpc) is 3.18. The number of hydrogen-bond donors (Lipinski definition) is 2. The fraction of sp³-hybridized carbons (Fsp3) is 0.938. The molecule has 0 rings (SSSR count). The van der Waals surface area contributed by atoms with Crippen LogP contribution >= 0.6 is 0 Å². The monoisotopic (exact) mass is 2020 g/mol. The normalized spacial score (nSPS) is 13.9. The summed E-state index contributed by atoms with van der Waals surface area (Å²) in [4.78, 5) is 51.4. The first-order chi connectivity index (χ1) is 34.4. The van der Waals surface area contributed by atoms with E-state index in [1.807, 2.05) is 39.3 Å². The maximum absolute atomic E-state index is 13.1. The molecule has 0 aromatic carbocycles. The van der Waals surface area contributed by atoms with Gasteiger partial charge in [-0.15, -0.1) is 0 Å². The fourth-order valence-electron chi connectivity index (χ4n) is 9.95. The largest absolute Gasteiger partial charge is 0.481 e. The number of carbonyl (C=O) groups excluding carboxylic acids is 2.